The van der Waals surface area contributed by atoms with Crippen LogP contribution in [-0.2, 0) is 20.7 Å². The van der Waals surface area contributed by atoms with E-state index >= 15 is 0 Å². The van der Waals surface area contributed by atoms with Gasteiger partial charge in [0.2, 0.25) is 5.91 Å². The maximum absolute atomic E-state index is 13.1. The average Bonchev–Trinajstić information content (AvgIpc) is 3.34. The van der Waals surface area contributed by atoms with Crippen molar-refractivity contribution in [3.8, 4) is 5.75 Å². The number of hydrogen-bond acceptors (Lipinski definition) is 4. The van der Waals surface area contributed by atoms with Crippen LogP contribution >= 0.6 is 0 Å². The molecule has 2 aromatic rings. The summed E-state index contributed by atoms with van der Waals surface area (Å²) in [4.78, 5) is 27.3. The van der Waals surface area contributed by atoms with E-state index in [0.717, 1.165) is 37.0 Å². The van der Waals surface area contributed by atoms with Crippen molar-refractivity contribution in [3.63, 3.8) is 0 Å². The van der Waals surface area contributed by atoms with Gasteiger partial charge in [0.15, 0.2) is 6.61 Å². The summed E-state index contributed by atoms with van der Waals surface area (Å²) in [7, 11) is 0. The summed E-state index contributed by atoms with van der Waals surface area (Å²) in [6.07, 6.45) is 2.94. The molecule has 2 heterocycles. The van der Waals surface area contributed by atoms with E-state index < -0.39 is 0 Å². The molecule has 33 heavy (non-hydrogen) atoms. The van der Waals surface area contributed by atoms with Gasteiger partial charge in [-0.25, -0.2) is 0 Å². The highest BCUT2D eigenvalue weighted by Crippen LogP contribution is 2.38. The van der Waals surface area contributed by atoms with Gasteiger partial charge in [0.05, 0.1) is 12.1 Å². The molecule has 6 heteroatoms. The molecule has 0 bridgehead atoms. The third-order valence-corrected chi connectivity index (χ3v) is 6.44. The molecule has 2 aliphatic heterocycles. The van der Waals surface area contributed by atoms with Crippen molar-refractivity contribution in [3.05, 3.63) is 64.7 Å². The molecule has 1 N–H and O–H groups in total. The monoisotopic (exact) mass is 450 g/mol. The summed E-state index contributed by atoms with van der Waals surface area (Å²) in [5, 5.41) is 2.89. The predicted octanol–water partition coefficient (Wildman–Crippen LogP) is 3.80. The second-order valence-electron chi connectivity index (χ2n) is 9.34. The van der Waals surface area contributed by atoms with Crippen LogP contribution < -0.4 is 10.1 Å². The van der Waals surface area contributed by atoms with Crippen molar-refractivity contribution in [1.29, 1.82) is 0 Å². The number of carbonyl (C=O) groups is 2. The molecule has 0 saturated carbocycles. The zero-order valence-corrected chi connectivity index (χ0v) is 19.8. The van der Waals surface area contributed by atoms with E-state index in [9.17, 15) is 9.59 Å². The van der Waals surface area contributed by atoms with Gasteiger partial charge < -0.3 is 19.7 Å². The molecule has 2 aliphatic rings. The Bertz CT molecular complexity index is 980. The van der Waals surface area contributed by atoms with E-state index in [2.05, 4.69) is 42.6 Å². The molecule has 0 spiro atoms. The molecule has 2 amide bonds. The minimum absolute atomic E-state index is 0.0463. The Morgan fingerprint density at radius 2 is 1.97 bits per heavy atom. The van der Waals surface area contributed by atoms with Gasteiger partial charge in [-0.05, 0) is 55.0 Å². The van der Waals surface area contributed by atoms with E-state index in [1.54, 1.807) is 0 Å². The molecule has 176 valence electrons. The Morgan fingerprint density at radius 1 is 1.18 bits per heavy atom. The van der Waals surface area contributed by atoms with Crippen LogP contribution in [0.25, 0.3) is 0 Å². The van der Waals surface area contributed by atoms with Gasteiger partial charge in [-0.3, -0.25) is 9.59 Å². The first-order valence-electron chi connectivity index (χ1n) is 11.9. The lowest BCUT2D eigenvalue weighted by molar-refractivity contribution is -0.136. The summed E-state index contributed by atoms with van der Waals surface area (Å²) >= 11 is 0. The molecule has 0 radical (unpaired) electrons. The number of benzene rings is 2. The summed E-state index contributed by atoms with van der Waals surface area (Å²) < 4.78 is 11.4. The van der Waals surface area contributed by atoms with Crippen LogP contribution in [0.5, 0.6) is 5.75 Å². The third-order valence-electron chi connectivity index (χ3n) is 6.44. The Morgan fingerprint density at radius 3 is 2.67 bits per heavy atom. The lowest BCUT2D eigenvalue weighted by Crippen LogP contribution is -2.42. The summed E-state index contributed by atoms with van der Waals surface area (Å²) in [6.45, 7) is 7.88. The van der Waals surface area contributed by atoms with E-state index in [0.29, 0.717) is 18.8 Å². The van der Waals surface area contributed by atoms with Crippen molar-refractivity contribution >= 4 is 11.8 Å². The van der Waals surface area contributed by atoms with E-state index in [1.165, 1.54) is 11.1 Å². The third kappa shape index (κ3) is 5.56. The fraction of sp³-hybridized carbons (Fsp3) is 0.481. The van der Waals surface area contributed by atoms with Gasteiger partial charge in [-0.15, -0.1) is 0 Å². The van der Waals surface area contributed by atoms with Crippen LogP contribution in [-0.4, -0.2) is 49.1 Å². The second kappa shape index (κ2) is 10.4. The lowest BCUT2D eigenvalue weighted by Gasteiger charge is -2.39. The lowest BCUT2D eigenvalue weighted by atomic mass is 9.87. The fourth-order valence-corrected chi connectivity index (χ4v) is 4.59. The zero-order valence-electron chi connectivity index (χ0n) is 19.8. The van der Waals surface area contributed by atoms with Crippen LogP contribution in [0.4, 0.5) is 0 Å². The van der Waals surface area contributed by atoms with Gasteiger partial charge in [0.25, 0.3) is 5.91 Å². The van der Waals surface area contributed by atoms with Crippen LogP contribution in [0.3, 0.4) is 0 Å². The Balaban J connectivity index is 1.52. The highest BCUT2D eigenvalue weighted by atomic mass is 16.5. The van der Waals surface area contributed by atoms with Gasteiger partial charge >= 0.3 is 0 Å². The topological polar surface area (TPSA) is 67.9 Å². The van der Waals surface area contributed by atoms with Gasteiger partial charge in [0.1, 0.15) is 5.75 Å². The number of nitrogens with one attached hydrogen (secondary N) is 1. The minimum atomic E-state index is -0.166. The molecule has 2 aromatic carbocycles. The molecule has 0 aromatic heterocycles. The first-order chi connectivity index (χ1) is 15.9. The summed E-state index contributed by atoms with van der Waals surface area (Å²) in [6, 6.07) is 14.2. The van der Waals surface area contributed by atoms with E-state index in [4.69, 9.17) is 9.47 Å². The first kappa shape index (κ1) is 23.3. The predicted molar refractivity (Wildman–Crippen MR) is 127 cm³/mol. The molecule has 1 fully saturated rings. The highest BCUT2D eigenvalue weighted by molar-refractivity contribution is 5.80. The van der Waals surface area contributed by atoms with Gasteiger partial charge in [0, 0.05) is 25.6 Å². The van der Waals surface area contributed by atoms with Crippen molar-refractivity contribution in [2.45, 2.75) is 52.2 Å². The normalized spacial score (nSPS) is 19.9. The maximum atomic E-state index is 13.1. The number of nitrogens with zero attached hydrogens (tertiary/aromatic N) is 1. The van der Waals surface area contributed by atoms with Gasteiger partial charge in [-0.2, -0.15) is 0 Å². The number of aryl methyl sites for hydroxylation is 1. The van der Waals surface area contributed by atoms with Crippen LogP contribution in [0, 0.1) is 12.8 Å². The standard InChI is InChI=1S/C27H34N2O4/c1-18(2)27(31)29-13-12-20-10-11-22(33-17-25(30)28-16-23-5-4-14-32-23)15-24(20)26(29)21-8-6-19(3)7-9-21/h6-11,15,18,23,26H,4-5,12-14,16-17H2,1-3H3,(H,28,30)/t23-,26-/m1/s1. The molecule has 0 unspecified atom stereocenters. The molecule has 2 atom stereocenters. The number of carbonyl (C=O) groups excluding carboxylic acids is 2. The van der Waals surface area contributed by atoms with Crippen LogP contribution in [0.2, 0.25) is 0 Å². The number of fused-ring (bicyclic) bond motifs is 1. The molecule has 4 rings (SSSR count). The Kier molecular flexibility index (Phi) is 7.33. The SMILES string of the molecule is Cc1ccc([C@@H]2c3cc(OCC(=O)NC[C@H]4CCCO4)ccc3CCN2C(=O)C(C)C)cc1. The molecule has 6 nitrogen and oxygen atoms in total. The maximum Gasteiger partial charge on any atom is 0.258 e. The van der Waals surface area contributed by atoms with Crippen LogP contribution in [0.1, 0.15) is 55.0 Å². The Hall–Kier alpha value is -2.86. The highest BCUT2D eigenvalue weighted by Gasteiger charge is 2.33. The smallest absolute Gasteiger partial charge is 0.258 e. The van der Waals surface area contributed by atoms with Crippen molar-refractivity contribution in [2.24, 2.45) is 5.92 Å². The summed E-state index contributed by atoms with van der Waals surface area (Å²) in [5.41, 5.74) is 4.55. The quantitative estimate of drug-likeness (QED) is 0.697. The zero-order chi connectivity index (χ0) is 23.4. The molecule has 1 saturated heterocycles. The molecular formula is C27H34N2O4. The molecular weight excluding hydrogens is 416 g/mol. The largest absolute Gasteiger partial charge is 0.484 e. The second-order valence-corrected chi connectivity index (χ2v) is 9.34. The number of ether oxygens (including phenoxy) is 2. The van der Waals surface area contributed by atoms with E-state index in [-0.39, 0.29) is 36.5 Å². The Labute approximate surface area is 196 Å². The van der Waals surface area contributed by atoms with Crippen molar-refractivity contribution in [1.82, 2.24) is 10.2 Å². The number of hydrogen-bond donors (Lipinski definition) is 1. The van der Waals surface area contributed by atoms with Crippen LogP contribution in [0.15, 0.2) is 42.5 Å². The minimum Gasteiger partial charge on any atom is -0.484 e. The average molecular weight is 451 g/mol. The van der Waals surface area contributed by atoms with E-state index in [1.807, 2.05) is 30.9 Å². The summed E-state index contributed by atoms with van der Waals surface area (Å²) in [5.74, 6) is 0.546. The van der Waals surface area contributed by atoms with Crippen molar-refractivity contribution in [2.75, 3.05) is 26.3 Å². The van der Waals surface area contributed by atoms with Gasteiger partial charge in [-0.1, -0.05) is 49.7 Å². The first-order valence-corrected chi connectivity index (χ1v) is 11.9. The number of rotatable bonds is 7. The fourth-order valence-electron chi connectivity index (χ4n) is 4.59. The molecule has 0 aliphatic carbocycles. The van der Waals surface area contributed by atoms with Crippen molar-refractivity contribution < 1.29 is 19.1 Å². The number of amides is 2.